The third kappa shape index (κ3) is 6.83. The van der Waals surface area contributed by atoms with Crippen molar-refractivity contribution in [3.8, 4) is 0 Å². The summed E-state index contributed by atoms with van der Waals surface area (Å²) in [5.41, 5.74) is 0.862. The van der Waals surface area contributed by atoms with Crippen molar-refractivity contribution in [1.29, 1.82) is 0 Å². The van der Waals surface area contributed by atoms with Gasteiger partial charge in [0.1, 0.15) is 10.7 Å². The molecule has 2 aromatic rings. The van der Waals surface area contributed by atoms with Gasteiger partial charge >= 0.3 is 0 Å². The van der Waals surface area contributed by atoms with Crippen LogP contribution in [-0.4, -0.2) is 65.1 Å². The summed E-state index contributed by atoms with van der Waals surface area (Å²) in [5.74, 6) is 1.30. The molecule has 0 fully saturated rings. The molecule has 0 aliphatic heterocycles. The van der Waals surface area contributed by atoms with Gasteiger partial charge in [-0.3, -0.25) is 9.69 Å². The number of aliphatic hydroxyl groups is 1. The lowest BCUT2D eigenvalue weighted by atomic mass is 9.89. The zero-order valence-corrected chi connectivity index (χ0v) is 20.3. The Balaban J connectivity index is 1.75. The van der Waals surface area contributed by atoms with Gasteiger partial charge in [-0.2, -0.15) is 0 Å². The molecule has 1 aliphatic rings. The Morgan fingerprint density at radius 1 is 1.39 bits per heavy atom. The largest absolute Gasteiger partial charge is 0.389 e. The first kappa shape index (κ1) is 24.3. The molecule has 0 bridgehead atoms. The number of aromatic amines is 1. The van der Waals surface area contributed by atoms with Crippen molar-refractivity contribution in [2.45, 2.75) is 71.6 Å². The van der Waals surface area contributed by atoms with Crippen LogP contribution in [0.15, 0.2) is 4.79 Å². The second-order valence-corrected chi connectivity index (χ2v) is 10.8. The van der Waals surface area contributed by atoms with E-state index in [1.807, 2.05) is 20.8 Å². The van der Waals surface area contributed by atoms with Gasteiger partial charge in [0, 0.05) is 31.7 Å². The lowest BCUT2D eigenvalue weighted by Crippen LogP contribution is -2.38. The van der Waals surface area contributed by atoms with Crippen molar-refractivity contribution >= 4 is 21.6 Å². The monoisotopic (exact) mass is 451 g/mol. The van der Waals surface area contributed by atoms with E-state index in [2.05, 4.69) is 16.8 Å². The van der Waals surface area contributed by atoms with Crippen LogP contribution in [0.4, 0.5) is 0 Å². The van der Waals surface area contributed by atoms with Gasteiger partial charge in [-0.15, -0.1) is 11.3 Å². The third-order valence-electron chi connectivity index (χ3n) is 5.59. The quantitative estimate of drug-likeness (QED) is 0.540. The minimum Gasteiger partial charge on any atom is -0.389 e. The van der Waals surface area contributed by atoms with Gasteiger partial charge in [-0.1, -0.05) is 6.92 Å². The highest BCUT2D eigenvalue weighted by Crippen LogP contribution is 2.35. The highest BCUT2D eigenvalue weighted by atomic mass is 32.1. The Morgan fingerprint density at radius 2 is 2.16 bits per heavy atom. The smallest absolute Gasteiger partial charge is 0.259 e. The van der Waals surface area contributed by atoms with Crippen LogP contribution < -0.4 is 5.56 Å². The molecule has 174 valence electrons. The minimum absolute atomic E-state index is 0.0412. The predicted octanol–water partition coefficient (Wildman–Crippen LogP) is 3.12. The Labute approximate surface area is 188 Å². The molecule has 2 N–H and O–H groups in total. The number of thiophene rings is 1. The third-order valence-corrected chi connectivity index (χ3v) is 6.74. The van der Waals surface area contributed by atoms with Crippen molar-refractivity contribution in [2.24, 2.45) is 5.92 Å². The molecule has 0 amide bonds. The fraction of sp³-hybridized carbons (Fsp3) is 0.739. The average molecular weight is 452 g/mol. The molecule has 8 heteroatoms. The summed E-state index contributed by atoms with van der Waals surface area (Å²) in [7, 11) is 1.68. The highest BCUT2D eigenvalue weighted by molar-refractivity contribution is 7.18. The Morgan fingerprint density at radius 3 is 2.87 bits per heavy atom. The standard InChI is InChI=1S/C23H37N3O4S/c1-15-7-8-17-18(11-15)31-22-20(17)21(28)24-19(25-22)13-26(9-6-10-29-5)12-16(27)14-30-23(2,3)4/h15-16,27H,6-14H2,1-5H3,(H,24,25,28)/t15-,16-/m1/s1. The van der Waals surface area contributed by atoms with Gasteiger partial charge in [-0.05, 0) is 57.9 Å². The van der Waals surface area contributed by atoms with Crippen LogP contribution in [0.25, 0.3) is 10.2 Å². The number of nitrogens with zero attached hydrogens (tertiary/aromatic N) is 2. The van der Waals surface area contributed by atoms with E-state index in [4.69, 9.17) is 14.5 Å². The van der Waals surface area contributed by atoms with Gasteiger partial charge in [0.15, 0.2) is 0 Å². The van der Waals surface area contributed by atoms with E-state index < -0.39 is 6.10 Å². The molecule has 2 aromatic heterocycles. The first-order chi connectivity index (χ1) is 14.7. The molecule has 31 heavy (non-hydrogen) atoms. The van der Waals surface area contributed by atoms with Gasteiger partial charge in [-0.25, -0.2) is 4.98 Å². The van der Waals surface area contributed by atoms with E-state index in [0.29, 0.717) is 31.4 Å². The summed E-state index contributed by atoms with van der Waals surface area (Å²) >= 11 is 1.67. The Hall–Kier alpha value is -1.32. The number of methoxy groups -OCH3 is 1. The number of ether oxygens (including phenoxy) is 2. The number of aromatic nitrogens is 2. The molecule has 0 saturated carbocycles. The minimum atomic E-state index is -0.618. The summed E-state index contributed by atoms with van der Waals surface area (Å²) in [6.45, 7) is 10.8. The number of rotatable bonds is 10. The van der Waals surface area contributed by atoms with Crippen LogP contribution in [0, 0.1) is 5.92 Å². The molecule has 7 nitrogen and oxygen atoms in total. The lowest BCUT2D eigenvalue weighted by molar-refractivity contribution is -0.0571. The maximum absolute atomic E-state index is 12.9. The second-order valence-electron chi connectivity index (χ2n) is 9.70. The second kappa shape index (κ2) is 10.5. The molecule has 1 aliphatic carbocycles. The topological polar surface area (TPSA) is 87.7 Å². The van der Waals surface area contributed by atoms with Crippen molar-refractivity contribution in [2.75, 3.05) is 33.4 Å². The van der Waals surface area contributed by atoms with Crippen LogP contribution in [0.5, 0.6) is 0 Å². The molecule has 0 radical (unpaired) electrons. The van der Waals surface area contributed by atoms with Crippen molar-refractivity contribution in [3.05, 3.63) is 26.6 Å². The van der Waals surface area contributed by atoms with E-state index in [-0.39, 0.29) is 17.8 Å². The molecule has 2 heterocycles. The number of fused-ring (bicyclic) bond motifs is 3. The number of nitrogens with one attached hydrogen (secondary N) is 1. The predicted molar refractivity (Wildman–Crippen MR) is 125 cm³/mol. The van der Waals surface area contributed by atoms with Gasteiger partial charge in [0.05, 0.1) is 30.2 Å². The fourth-order valence-corrected chi connectivity index (χ4v) is 5.45. The van der Waals surface area contributed by atoms with Crippen LogP contribution in [0.1, 0.15) is 56.8 Å². The van der Waals surface area contributed by atoms with Crippen LogP contribution in [0.3, 0.4) is 0 Å². The van der Waals surface area contributed by atoms with E-state index in [0.717, 1.165) is 42.4 Å². The normalized spacial score (nSPS) is 18.0. The van der Waals surface area contributed by atoms with E-state index in [1.165, 1.54) is 10.4 Å². The SMILES string of the molecule is COCCCN(Cc1nc2sc3c(c2c(=O)[nH]1)CC[C@@H](C)C3)C[C@@H](O)COC(C)(C)C. The average Bonchev–Trinajstić information content (AvgIpc) is 3.03. The molecule has 0 saturated heterocycles. The fourth-order valence-electron chi connectivity index (χ4n) is 4.04. The van der Waals surface area contributed by atoms with Crippen molar-refractivity contribution in [3.63, 3.8) is 0 Å². The summed E-state index contributed by atoms with van der Waals surface area (Å²) in [4.78, 5) is 25.0. The van der Waals surface area contributed by atoms with Crippen LogP contribution >= 0.6 is 11.3 Å². The van der Waals surface area contributed by atoms with Gasteiger partial charge in [0.25, 0.3) is 5.56 Å². The summed E-state index contributed by atoms with van der Waals surface area (Å²) in [6.07, 6.45) is 3.34. The molecule has 3 rings (SSSR count). The number of aryl methyl sites for hydroxylation is 1. The van der Waals surface area contributed by atoms with Gasteiger partial charge < -0.3 is 19.6 Å². The number of H-pyrrole nitrogens is 1. The van der Waals surface area contributed by atoms with Crippen LogP contribution in [-0.2, 0) is 28.9 Å². The van der Waals surface area contributed by atoms with Gasteiger partial charge in [0.2, 0.25) is 0 Å². The highest BCUT2D eigenvalue weighted by Gasteiger charge is 2.24. The zero-order chi connectivity index (χ0) is 22.6. The summed E-state index contributed by atoms with van der Waals surface area (Å²) in [6, 6.07) is 0. The Kier molecular flexibility index (Phi) is 8.26. The maximum Gasteiger partial charge on any atom is 0.259 e. The van der Waals surface area contributed by atoms with Crippen molar-refractivity contribution in [1.82, 2.24) is 14.9 Å². The molecular weight excluding hydrogens is 414 g/mol. The van der Waals surface area contributed by atoms with E-state index >= 15 is 0 Å². The summed E-state index contributed by atoms with van der Waals surface area (Å²) < 4.78 is 10.9. The summed E-state index contributed by atoms with van der Waals surface area (Å²) in [5, 5.41) is 11.3. The maximum atomic E-state index is 12.9. The molecular formula is C23H37N3O4S. The molecule has 2 atom stereocenters. The number of hydrogen-bond acceptors (Lipinski definition) is 7. The van der Waals surface area contributed by atoms with E-state index in [1.54, 1.807) is 18.4 Å². The molecule has 0 aromatic carbocycles. The van der Waals surface area contributed by atoms with E-state index in [9.17, 15) is 9.90 Å². The van der Waals surface area contributed by atoms with Crippen LogP contribution in [0.2, 0.25) is 0 Å². The Bertz CT molecular complexity index is 918. The molecule has 0 spiro atoms. The van der Waals surface area contributed by atoms with Crippen molar-refractivity contribution < 1.29 is 14.6 Å². The lowest BCUT2D eigenvalue weighted by Gasteiger charge is -2.27. The first-order valence-corrected chi connectivity index (χ1v) is 12.0. The molecule has 0 unspecified atom stereocenters. The first-order valence-electron chi connectivity index (χ1n) is 11.2. The zero-order valence-electron chi connectivity index (χ0n) is 19.5. The number of aliphatic hydroxyl groups excluding tert-OH is 1. The number of hydrogen-bond donors (Lipinski definition) is 2.